The minimum absolute atomic E-state index is 1.01. The number of aromatic nitrogens is 1. The third kappa shape index (κ3) is 2.55. The fourth-order valence-electron chi connectivity index (χ4n) is 5.10. The van der Waals surface area contributed by atoms with Crippen molar-refractivity contribution < 1.29 is 0 Å². The Morgan fingerprint density at radius 2 is 1.09 bits per heavy atom. The molecule has 0 N–H and O–H groups in total. The maximum absolute atomic E-state index is 4.49. The minimum Gasteiger partial charge on any atom is -0.256 e. The average Bonchev–Trinajstić information content (AvgIpc) is 3.19. The number of pyridine rings is 1. The summed E-state index contributed by atoms with van der Waals surface area (Å²) in [6.45, 7) is 0. The molecule has 1 aliphatic carbocycles. The summed E-state index contributed by atoms with van der Waals surface area (Å²) in [6.07, 6.45) is 1.84. The Hall–Kier alpha value is -4.23. The van der Waals surface area contributed by atoms with Gasteiger partial charge in [-0.1, -0.05) is 72.8 Å². The van der Waals surface area contributed by atoms with Gasteiger partial charge in [0.15, 0.2) is 0 Å². The second-order valence-corrected chi connectivity index (χ2v) is 8.46. The highest BCUT2D eigenvalue weighted by Gasteiger charge is 2.21. The molecule has 0 bridgehead atoms. The molecule has 1 heteroatoms. The van der Waals surface area contributed by atoms with E-state index in [1.807, 2.05) is 18.3 Å². The first-order chi connectivity index (χ1) is 15.8. The molecule has 5 aromatic carbocycles. The summed E-state index contributed by atoms with van der Waals surface area (Å²) in [5, 5.41) is 5.15. The summed E-state index contributed by atoms with van der Waals surface area (Å²) < 4.78 is 0. The number of fused-ring (bicyclic) bond motifs is 4. The topological polar surface area (TPSA) is 12.9 Å². The van der Waals surface area contributed by atoms with Gasteiger partial charge in [0.05, 0.1) is 5.69 Å². The van der Waals surface area contributed by atoms with E-state index in [0.717, 1.165) is 11.3 Å². The average molecular weight is 406 g/mol. The van der Waals surface area contributed by atoms with E-state index in [1.54, 1.807) is 0 Å². The van der Waals surface area contributed by atoms with Crippen LogP contribution in [0.5, 0.6) is 0 Å². The molecule has 0 fully saturated rings. The van der Waals surface area contributed by atoms with Crippen LogP contribution >= 0.6 is 0 Å². The predicted octanol–water partition coefficient (Wildman–Crippen LogP) is 8.37. The van der Waals surface area contributed by atoms with Crippen LogP contribution in [0.2, 0.25) is 0 Å². The molecule has 0 aliphatic heterocycles. The fraction of sp³-hybridized carbons (Fsp3) is 0. The Labute approximate surface area is 186 Å². The molecular formula is C31H19N. The molecule has 148 valence electrons. The molecule has 1 nitrogen and oxygen atoms in total. The quantitative estimate of drug-likeness (QED) is 0.281. The highest BCUT2D eigenvalue weighted by atomic mass is 14.7. The van der Waals surface area contributed by atoms with E-state index in [9.17, 15) is 0 Å². The Kier molecular flexibility index (Phi) is 3.62. The van der Waals surface area contributed by atoms with Crippen LogP contribution in [0.1, 0.15) is 0 Å². The second-order valence-electron chi connectivity index (χ2n) is 8.46. The van der Waals surface area contributed by atoms with Gasteiger partial charge in [0.1, 0.15) is 0 Å². The SMILES string of the molecule is c1ccc(-c2ccc3cc(-c4cc5c6c(cccc6c4)-c4ccccc4-5)ccc3c2)nc1. The minimum atomic E-state index is 1.01. The first-order valence-electron chi connectivity index (χ1n) is 11.0. The van der Waals surface area contributed by atoms with Crippen LogP contribution in [0.25, 0.3) is 66.2 Å². The van der Waals surface area contributed by atoms with Gasteiger partial charge in [-0.25, -0.2) is 0 Å². The first-order valence-corrected chi connectivity index (χ1v) is 11.0. The molecule has 0 saturated carbocycles. The Morgan fingerprint density at radius 1 is 0.406 bits per heavy atom. The molecule has 32 heavy (non-hydrogen) atoms. The Bertz CT molecular complexity index is 1660. The molecule has 0 spiro atoms. The van der Waals surface area contributed by atoms with Crippen LogP contribution in [-0.2, 0) is 0 Å². The van der Waals surface area contributed by atoms with E-state index in [0.29, 0.717) is 0 Å². The van der Waals surface area contributed by atoms with E-state index >= 15 is 0 Å². The van der Waals surface area contributed by atoms with Crippen LogP contribution in [-0.4, -0.2) is 4.98 Å². The van der Waals surface area contributed by atoms with Gasteiger partial charge in [0, 0.05) is 11.8 Å². The molecule has 1 aliphatic rings. The molecule has 0 atom stereocenters. The summed E-state index contributed by atoms with van der Waals surface area (Å²) in [4.78, 5) is 4.49. The smallest absolute Gasteiger partial charge is 0.0702 e. The van der Waals surface area contributed by atoms with E-state index < -0.39 is 0 Å². The van der Waals surface area contributed by atoms with Gasteiger partial charge in [-0.15, -0.1) is 0 Å². The molecule has 6 aromatic rings. The lowest BCUT2D eigenvalue weighted by molar-refractivity contribution is 1.33. The molecule has 0 amide bonds. The zero-order chi connectivity index (χ0) is 21.1. The van der Waals surface area contributed by atoms with Gasteiger partial charge in [-0.05, 0) is 91.3 Å². The van der Waals surface area contributed by atoms with Gasteiger partial charge in [-0.3, -0.25) is 4.98 Å². The van der Waals surface area contributed by atoms with Crippen molar-refractivity contribution in [2.75, 3.05) is 0 Å². The van der Waals surface area contributed by atoms with Crippen LogP contribution in [0.15, 0.2) is 115 Å². The van der Waals surface area contributed by atoms with Crippen molar-refractivity contribution >= 4 is 21.5 Å². The summed E-state index contributed by atoms with van der Waals surface area (Å²) >= 11 is 0. The zero-order valence-electron chi connectivity index (χ0n) is 17.4. The predicted molar refractivity (Wildman–Crippen MR) is 135 cm³/mol. The largest absolute Gasteiger partial charge is 0.256 e. The fourth-order valence-corrected chi connectivity index (χ4v) is 5.10. The summed E-state index contributed by atoms with van der Waals surface area (Å²) in [5.74, 6) is 0. The summed E-state index contributed by atoms with van der Waals surface area (Å²) in [5.41, 5.74) is 10.0. The lowest BCUT2D eigenvalue weighted by atomic mass is 9.94. The molecule has 0 radical (unpaired) electrons. The number of hydrogen-bond donors (Lipinski definition) is 0. The van der Waals surface area contributed by atoms with Crippen molar-refractivity contribution in [1.29, 1.82) is 0 Å². The monoisotopic (exact) mass is 405 g/mol. The van der Waals surface area contributed by atoms with Crippen molar-refractivity contribution in [2.45, 2.75) is 0 Å². The maximum atomic E-state index is 4.49. The molecule has 0 unspecified atom stereocenters. The van der Waals surface area contributed by atoms with Crippen molar-refractivity contribution in [3.63, 3.8) is 0 Å². The van der Waals surface area contributed by atoms with E-state index in [2.05, 4.69) is 102 Å². The second kappa shape index (κ2) is 6.63. The van der Waals surface area contributed by atoms with Crippen molar-refractivity contribution in [1.82, 2.24) is 4.98 Å². The molecular weight excluding hydrogens is 386 g/mol. The van der Waals surface area contributed by atoms with Crippen LogP contribution in [0.4, 0.5) is 0 Å². The van der Waals surface area contributed by atoms with Crippen LogP contribution in [0, 0.1) is 0 Å². The normalized spacial score (nSPS) is 11.8. The van der Waals surface area contributed by atoms with Crippen molar-refractivity contribution in [3.8, 4) is 44.6 Å². The first kappa shape index (κ1) is 17.5. The highest BCUT2D eigenvalue weighted by molar-refractivity contribution is 6.16. The maximum Gasteiger partial charge on any atom is 0.0702 e. The molecule has 7 rings (SSSR count). The lowest BCUT2D eigenvalue weighted by Gasteiger charge is -2.10. The summed E-state index contributed by atoms with van der Waals surface area (Å²) in [6, 6.07) is 39.5. The van der Waals surface area contributed by atoms with Crippen LogP contribution < -0.4 is 0 Å². The van der Waals surface area contributed by atoms with Gasteiger partial charge < -0.3 is 0 Å². The van der Waals surface area contributed by atoms with Gasteiger partial charge in [-0.2, -0.15) is 0 Å². The molecule has 1 heterocycles. The van der Waals surface area contributed by atoms with E-state index in [1.165, 1.54) is 54.9 Å². The van der Waals surface area contributed by atoms with Crippen molar-refractivity contribution in [2.24, 2.45) is 0 Å². The summed E-state index contributed by atoms with van der Waals surface area (Å²) in [7, 11) is 0. The highest BCUT2D eigenvalue weighted by Crippen LogP contribution is 2.48. The Morgan fingerprint density at radius 3 is 1.91 bits per heavy atom. The van der Waals surface area contributed by atoms with Gasteiger partial charge in [0.25, 0.3) is 0 Å². The standard InChI is InChI=1S/C31H19N/c1-2-8-27-26(7-1)28-9-5-6-24-18-25(19-29(27)31(24)28)22-12-11-21-17-23(14-13-20(21)16-22)30-10-3-4-15-32-30/h1-19H. The van der Waals surface area contributed by atoms with Gasteiger partial charge in [0.2, 0.25) is 0 Å². The number of hydrogen-bond acceptors (Lipinski definition) is 1. The third-order valence-electron chi connectivity index (χ3n) is 6.62. The number of benzene rings is 5. The molecule has 1 aromatic heterocycles. The third-order valence-corrected chi connectivity index (χ3v) is 6.62. The van der Waals surface area contributed by atoms with Crippen LogP contribution in [0.3, 0.4) is 0 Å². The van der Waals surface area contributed by atoms with E-state index in [-0.39, 0.29) is 0 Å². The zero-order valence-corrected chi connectivity index (χ0v) is 17.4. The van der Waals surface area contributed by atoms with Gasteiger partial charge >= 0.3 is 0 Å². The Balaban J connectivity index is 1.39. The number of rotatable bonds is 2. The van der Waals surface area contributed by atoms with E-state index in [4.69, 9.17) is 0 Å². The lowest BCUT2D eigenvalue weighted by Crippen LogP contribution is -1.85. The van der Waals surface area contributed by atoms with Crippen molar-refractivity contribution in [3.05, 3.63) is 115 Å². The molecule has 0 saturated heterocycles. The number of nitrogens with zero attached hydrogens (tertiary/aromatic N) is 1.